The van der Waals surface area contributed by atoms with Crippen molar-refractivity contribution in [2.45, 2.75) is 17.4 Å². The Balaban J connectivity index is 1.22. The van der Waals surface area contributed by atoms with Gasteiger partial charge in [0.2, 0.25) is 0 Å². The number of methoxy groups -OCH3 is 2. The van der Waals surface area contributed by atoms with E-state index in [4.69, 9.17) is 23.7 Å². The van der Waals surface area contributed by atoms with Gasteiger partial charge in [0.15, 0.2) is 23.2 Å². The van der Waals surface area contributed by atoms with Gasteiger partial charge in [0.1, 0.15) is 29.0 Å². The number of carbonyl (C=O) groups excluding carboxylic acids is 1. The van der Waals surface area contributed by atoms with Crippen LogP contribution in [0.5, 0.6) is 11.5 Å². The van der Waals surface area contributed by atoms with Crippen LogP contribution in [0.1, 0.15) is 33.3 Å². The van der Waals surface area contributed by atoms with Gasteiger partial charge < -0.3 is 34.1 Å². The number of rotatable bonds is 12. The Labute approximate surface area is 294 Å². The smallest absolute Gasteiger partial charge is 0.256 e. The monoisotopic (exact) mass is 687 g/mol. The number of hydrogen-bond donors (Lipinski definition) is 2. The molecule has 1 amide bonds. The Morgan fingerprint density at radius 1 is 0.863 bits per heavy atom. The lowest BCUT2D eigenvalue weighted by molar-refractivity contribution is -0.259. The maximum absolute atomic E-state index is 12.9. The standard InChI is InChI=1S/C39H37N5O7/c1-47-31-17-13-29(14-18-31)39(28-11-7-4-8-12-28,30-15-19-32(48-2)20-16-30)50-24-38(22-45)23-49-21-33(51-38)44-26-42-34-35(40-25-41-36(34)44)43-37(46)27-9-5-3-6-10-27/h3-20,25-26,33,45H,21-24H2,1-2H3,(H,40,41,43,46)/t33-,38-/m1/s1. The molecule has 0 radical (unpaired) electrons. The predicted molar refractivity (Wildman–Crippen MR) is 189 cm³/mol. The van der Waals surface area contributed by atoms with Crippen molar-refractivity contribution in [1.82, 2.24) is 19.5 Å². The number of aliphatic hydroxyl groups is 1. The third kappa shape index (κ3) is 6.65. The molecule has 4 aromatic carbocycles. The molecule has 2 atom stereocenters. The van der Waals surface area contributed by atoms with Crippen LogP contribution >= 0.6 is 0 Å². The van der Waals surface area contributed by atoms with Crippen molar-refractivity contribution < 1.29 is 33.6 Å². The highest BCUT2D eigenvalue weighted by molar-refractivity contribution is 6.06. The fourth-order valence-corrected chi connectivity index (χ4v) is 6.28. The van der Waals surface area contributed by atoms with E-state index in [1.165, 1.54) is 6.33 Å². The second kappa shape index (κ2) is 14.7. The van der Waals surface area contributed by atoms with Gasteiger partial charge in [-0.1, -0.05) is 72.8 Å². The van der Waals surface area contributed by atoms with Gasteiger partial charge in [0.25, 0.3) is 5.91 Å². The van der Waals surface area contributed by atoms with Gasteiger partial charge in [-0.3, -0.25) is 9.36 Å². The zero-order valence-electron chi connectivity index (χ0n) is 28.1. The third-order valence-corrected chi connectivity index (χ3v) is 8.96. The van der Waals surface area contributed by atoms with E-state index in [0.29, 0.717) is 28.2 Å². The lowest BCUT2D eigenvalue weighted by Crippen LogP contribution is -2.53. The molecule has 0 spiro atoms. The molecule has 2 N–H and O–H groups in total. The van der Waals surface area contributed by atoms with Crippen LogP contribution in [0.15, 0.2) is 122 Å². The Hall–Kier alpha value is -5.66. The van der Waals surface area contributed by atoms with Crippen molar-refractivity contribution in [1.29, 1.82) is 0 Å². The summed E-state index contributed by atoms with van der Waals surface area (Å²) in [5.74, 6) is 1.34. The van der Waals surface area contributed by atoms with Crippen LogP contribution < -0.4 is 14.8 Å². The van der Waals surface area contributed by atoms with Crippen molar-refractivity contribution in [2.24, 2.45) is 0 Å². The lowest BCUT2D eigenvalue weighted by Gasteiger charge is -2.43. The van der Waals surface area contributed by atoms with E-state index in [0.717, 1.165) is 16.7 Å². The average Bonchev–Trinajstić information content (AvgIpc) is 3.65. The first-order chi connectivity index (χ1) is 25.0. The van der Waals surface area contributed by atoms with E-state index in [1.807, 2.05) is 84.9 Å². The van der Waals surface area contributed by atoms with E-state index < -0.39 is 24.0 Å². The Bertz CT molecular complexity index is 2030. The van der Waals surface area contributed by atoms with E-state index in [1.54, 1.807) is 49.4 Å². The lowest BCUT2D eigenvalue weighted by atomic mass is 9.79. The Morgan fingerprint density at radius 2 is 1.47 bits per heavy atom. The molecule has 51 heavy (non-hydrogen) atoms. The molecule has 260 valence electrons. The molecule has 1 aliphatic rings. The number of hydrogen-bond acceptors (Lipinski definition) is 10. The fraction of sp³-hybridized carbons (Fsp3) is 0.231. The summed E-state index contributed by atoms with van der Waals surface area (Å²) in [5, 5.41) is 13.8. The molecule has 0 bridgehead atoms. The summed E-state index contributed by atoms with van der Waals surface area (Å²) in [4.78, 5) is 26.2. The zero-order chi connectivity index (χ0) is 35.3. The van der Waals surface area contributed by atoms with Crippen molar-refractivity contribution >= 4 is 22.9 Å². The SMILES string of the molecule is COc1ccc(C(OC[C@@]2(CO)COC[C@H](n3cnc4c(NC(=O)c5ccccc5)ncnc43)O2)(c2ccccc2)c2ccc(OC)cc2)cc1. The van der Waals surface area contributed by atoms with Gasteiger partial charge in [-0.2, -0.15) is 0 Å². The van der Waals surface area contributed by atoms with Crippen LogP contribution in [0.4, 0.5) is 5.82 Å². The summed E-state index contributed by atoms with van der Waals surface area (Å²) >= 11 is 0. The minimum Gasteiger partial charge on any atom is -0.497 e. The van der Waals surface area contributed by atoms with Gasteiger partial charge in [0, 0.05) is 5.56 Å². The number of nitrogens with one attached hydrogen (secondary N) is 1. The van der Waals surface area contributed by atoms with Crippen LogP contribution in [0.3, 0.4) is 0 Å². The molecular weight excluding hydrogens is 650 g/mol. The number of fused-ring (bicyclic) bond motifs is 1. The number of aromatic nitrogens is 4. The van der Waals surface area contributed by atoms with Crippen LogP contribution in [0.25, 0.3) is 11.2 Å². The van der Waals surface area contributed by atoms with Gasteiger partial charge in [-0.25, -0.2) is 15.0 Å². The summed E-state index contributed by atoms with van der Waals surface area (Å²) < 4.78 is 32.5. The largest absolute Gasteiger partial charge is 0.497 e. The van der Waals surface area contributed by atoms with E-state index in [-0.39, 0.29) is 31.5 Å². The summed E-state index contributed by atoms with van der Waals surface area (Å²) in [6.45, 7) is -0.244. The van der Waals surface area contributed by atoms with Crippen molar-refractivity contribution in [3.8, 4) is 11.5 Å². The second-order valence-corrected chi connectivity index (χ2v) is 12.1. The summed E-state index contributed by atoms with van der Waals surface area (Å²) in [5.41, 5.74) is 1.40. The van der Waals surface area contributed by atoms with E-state index >= 15 is 0 Å². The van der Waals surface area contributed by atoms with Crippen LogP contribution in [-0.2, 0) is 19.8 Å². The van der Waals surface area contributed by atoms with Crippen LogP contribution in [0.2, 0.25) is 0 Å². The van der Waals surface area contributed by atoms with Crippen LogP contribution in [0, 0.1) is 0 Å². The van der Waals surface area contributed by atoms with Gasteiger partial charge in [-0.05, 0) is 53.1 Å². The first-order valence-electron chi connectivity index (χ1n) is 16.4. The first-order valence-corrected chi connectivity index (χ1v) is 16.4. The third-order valence-electron chi connectivity index (χ3n) is 8.96. The molecular formula is C39H37N5O7. The quantitative estimate of drug-likeness (QED) is 0.161. The van der Waals surface area contributed by atoms with Crippen molar-refractivity contribution in [3.05, 3.63) is 144 Å². The number of benzene rings is 4. The molecule has 12 nitrogen and oxygen atoms in total. The van der Waals surface area contributed by atoms with Gasteiger partial charge in [-0.15, -0.1) is 0 Å². The number of aliphatic hydroxyl groups excluding tert-OH is 1. The number of carbonyl (C=O) groups is 1. The maximum atomic E-state index is 12.9. The molecule has 6 aromatic rings. The number of imidazole rings is 1. The minimum atomic E-state index is -1.28. The molecule has 2 aromatic heterocycles. The number of amides is 1. The van der Waals surface area contributed by atoms with E-state index in [2.05, 4.69) is 20.3 Å². The van der Waals surface area contributed by atoms with Crippen molar-refractivity contribution in [3.63, 3.8) is 0 Å². The highest BCUT2D eigenvalue weighted by Crippen LogP contribution is 2.43. The predicted octanol–water partition coefficient (Wildman–Crippen LogP) is 5.38. The van der Waals surface area contributed by atoms with Gasteiger partial charge in [0.05, 0.1) is 47.0 Å². The summed E-state index contributed by atoms with van der Waals surface area (Å²) in [7, 11) is 3.25. The molecule has 0 unspecified atom stereocenters. The number of anilines is 1. The average molecular weight is 688 g/mol. The van der Waals surface area contributed by atoms with Crippen molar-refractivity contribution in [2.75, 3.05) is 46.0 Å². The fourth-order valence-electron chi connectivity index (χ4n) is 6.28. The van der Waals surface area contributed by atoms with E-state index in [9.17, 15) is 9.90 Å². The highest BCUT2D eigenvalue weighted by atomic mass is 16.6. The highest BCUT2D eigenvalue weighted by Gasteiger charge is 2.45. The summed E-state index contributed by atoms with van der Waals surface area (Å²) in [6, 6.07) is 34.1. The normalized spacial score (nSPS) is 17.6. The first kappa shape index (κ1) is 33.8. The molecule has 12 heteroatoms. The zero-order valence-corrected chi connectivity index (χ0v) is 28.1. The Kier molecular flexibility index (Phi) is 9.73. The molecule has 1 aliphatic heterocycles. The molecule has 0 saturated carbocycles. The number of ether oxygens (including phenoxy) is 5. The molecule has 1 fully saturated rings. The molecule has 7 rings (SSSR count). The minimum absolute atomic E-state index is 0.0626. The second-order valence-electron chi connectivity index (χ2n) is 12.1. The molecule has 3 heterocycles. The van der Waals surface area contributed by atoms with Gasteiger partial charge >= 0.3 is 0 Å². The number of nitrogens with zero attached hydrogens (tertiary/aromatic N) is 4. The molecule has 1 saturated heterocycles. The van der Waals surface area contributed by atoms with Crippen LogP contribution in [-0.4, -0.2) is 76.8 Å². The maximum Gasteiger partial charge on any atom is 0.256 e. The topological polar surface area (TPSA) is 139 Å². The summed E-state index contributed by atoms with van der Waals surface area (Å²) in [6.07, 6.45) is 2.17. The Morgan fingerprint density at radius 3 is 2.08 bits per heavy atom. The molecule has 0 aliphatic carbocycles.